The molecule has 1 rings (SSSR count). The van der Waals surface area contributed by atoms with E-state index in [0.29, 0.717) is 11.3 Å². The van der Waals surface area contributed by atoms with E-state index in [9.17, 15) is 18.3 Å². The summed E-state index contributed by atoms with van der Waals surface area (Å²) in [5.74, 6) is 0. The largest absolute Gasteiger partial charge is 0.405 e. The van der Waals surface area contributed by atoms with E-state index >= 15 is 0 Å². The van der Waals surface area contributed by atoms with Gasteiger partial charge in [0.05, 0.1) is 6.10 Å². The van der Waals surface area contributed by atoms with Crippen molar-refractivity contribution in [2.75, 3.05) is 11.9 Å². The molecule has 15 heavy (non-hydrogen) atoms. The molecular weight excluding hydrogens is 207 g/mol. The Morgan fingerprint density at radius 2 is 2.07 bits per heavy atom. The second-order valence-electron chi connectivity index (χ2n) is 3.27. The van der Waals surface area contributed by atoms with Crippen molar-refractivity contribution in [3.8, 4) is 0 Å². The van der Waals surface area contributed by atoms with Crippen molar-refractivity contribution in [2.45, 2.75) is 19.2 Å². The average Bonchev–Trinajstić information content (AvgIpc) is 2.14. The zero-order valence-electron chi connectivity index (χ0n) is 8.17. The normalized spacial score (nSPS) is 13.7. The van der Waals surface area contributed by atoms with Gasteiger partial charge in [-0.25, -0.2) is 0 Å². The summed E-state index contributed by atoms with van der Waals surface area (Å²) in [6.45, 7) is 0.485. The fourth-order valence-electron chi connectivity index (χ4n) is 1.11. The Kier molecular flexibility index (Phi) is 3.57. The molecule has 2 N–H and O–H groups in total. The van der Waals surface area contributed by atoms with Gasteiger partial charge in [0.1, 0.15) is 6.54 Å². The van der Waals surface area contributed by atoms with Gasteiger partial charge in [-0.05, 0) is 24.6 Å². The number of aliphatic hydroxyl groups is 1. The van der Waals surface area contributed by atoms with E-state index in [0.717, 1.165) is 0 Å². The summed E-state index contributed by atoms with van der Waals surface area (Å²) in [4.78, 5) is 0. The molecule has 0 aliphatic carbocycles. The standard InChI is InChI=1S/C10H12F3NO/c1-7(15)8-3-2-4-9(5-8)14-6-10(11,12)13/h2-5,7,14-15H,6H2,1H3. The minimum absolute atomic E-state index is 0.353. The van der Waals surface area contributed by atoms with E-state index in [1.165, 1.54) is 12.1 Å². The predicted octanol–water partition coefficient (Wildman–Crippen LogP) is 2.71. The van der Waals surface area contributed by atoms with Crippen LogP contribution in [0.2, 0.25) is 0 Å². The zero-order valence-corrected chi connectivity index (χ0v) is 8.17. The number of benzene rings is 1. The fourth-order valence-corrected chi connectivity index (χ4v) is 1.11. The summed E-state index contributed by atoms with van der Waals surface area (Å²) in [7, 11) is 0. The summed E-state index contributed by atoms with van der Waals surface area (Å²) >= 11 is 0. The third-order valence-corrected chi connectivity index (χ3v) is 1.86. The highest BCUT2D eigenvalue weighted by Gasteiger charge is 2.26. The van der Waals surface area contributed by atoms with Crippen LogP contribution in [-0.2, 0) is 0 Å². The predicted molar refractivity (Wildman–Crippen MR) is 51.6 cm³/mol. The molecule has 0 bridgehead atoms. The number of anilines is 1. The van der Waals surface area contributed by atoms with Crippen molar-refractivity contribution in [3.05, 3.63) is 29.8 Å². The van der Waals surface area contributed by atoms with Gasteiger partial charge in [0.25, 0.3) is 0 Å². The van der Waals surface area contributed by atoms with E-state index in [-0.39, 0.29) is 0 Å². The first kappa shape index (κ1) is 11.8. The first-order chi connectivity index (χ1) is 6.88. The van der Waals surface area contributed by atoms with Crippen LogP contribution in [0.5, 0.6) is 0 Å². The van der Waals surface area contributed by atoms with Crippen LogP contribution in [0.25, 0.3) is 0 Å². The third-order valence-electron chi connectivity index (χ3n) is 1.86. The third kappa shape index (κ3) is 4.20. The number of aliphatic hydroxyl groups excluding tert-OH is 1. The number of rotatable bonds is 3. The second-order valence-corrected chi connectivity index (χ2v) is 3.27. The molecule has 1 atom stereocenters. The topological polar surface area (TPSA) is 32.3 Å². The highest BCUT2D eigenvalue weighted by molar-refractivity contribution is 5.46. The SMILES string of the molecule is CC(O)c1cccc(NCC(F)(F)F)c1. The number of alkyl halides is 3. The summed E-state index contributed by atoms with van der Waals surface area (Å²) in [6, 6.07) is 6.28. The second kappa shape index (κ2) is 4.53. The maximum absolute atomic E-state index is 11.9. The van der Waals surface area contributed by atoms with Crippen LogP contribution in [0.15, 0.2) is 24.3 Å². The van der Waals surface area contributed by atoms with Crippen molar-refractivity contribution in [3.63, 3.8) is 0 Å². The van der Waals surface area contributed by atoms with E-state index in [1.807, 2.05) is 0 Å². The Balaban J connectivity index is 2.66. The van der Waals surface area contributed by atoms with Gasteiger partial charge in [-0.3, -0.25) is 0 Å². The van der Waals surface area contributed by atoms with Crippen LogP contribution in [0.3, 0.4) is 0 Å². The van der Waals surface area contributed by atoms with E-state index in [4.69, 9.17) is 0 Å². The minimum Gasteiger partial charge on any atom is -0.389 e. The molecule has 0 fully saturated rings. The maximum atomic E-state index is 11.9. The van der Waals surface area contributed by atoms with Gasteiger partial charge >= 0.3 is 6.18 Å². The average molecular weight is 219 g/mol. The highest BCUT2D eigenvalue weighted by Crippen LogP contribution is 2.19. The fraction of sp³-hybridized carbons (Fsp3) is 0.400. The highest BCUT2D eigenvalue weighted by atomic mass is 19.4. The maximum Gasteiger partial charge on any atom is 0.405 e. The number of halogens is 3. The van der Waals surface area contributed by atoms with Gasteiger partial charge in [0, 0.05) is 5.69 Å². The van der Waals surface area contributed by atoms with Crippen molar-refractivity contribution >= 4 is 5.69 Å². The lowest BCUT2D eigenvalue weighted by Crippen LogP contribution is -2.21. The van der Waals surface area contributed by atoms with Crippen LogP contribution in [0.1, 0.15) is 18.6 Å². The molecule has 0 aliphatic heterocycles. The number of nitrogens with one attached hydrogen (secondary N) is 1. The van der Waals surface area contributed by atoms with Crippen molar-refractivity contribution in [1.29, 1.82) is 0 Å². The summed E-state index contributed by atoms with van der Waals surface area (Å²) in [6.07, 6.45) is -4.92. The van der Waals surface area contributed by atoms with Gasteiger partial charge in [-0.2, -0.15) is 13.2 Å². The van der Waals surface area contributed by atoms with Crippen LogP contribution in [-0.4, -0.2) is 17.8 Å². The van der Waals surface area contributed by atoms with Crippen LogP contribution < -0.4 is 5.32 Å². The van der Waals surface area contributed by atoms with Gasteiger partial charge in [-0.15, -0.1) is 0 Å². The molecular formula is C10H12F3NO. The van der Waals surface area contributed by atoms with E-state index < -0.39 is 18.8 Å². The number of hydrogen-bond acceptors (Lipinski definition) is 2. The monoisotopic (exact) mass is 219 g/mol. The summed E-state index contributed by atoms with van der Waals surface area (Å²) < 4.78 is 35.7. The Morgan fingerprint density at radius 1 is 1.40 bits per heavy atom. The molecule has 0 spiro atoms. The lowest BCUT2D eigenvalue weighted by atomic mass is 10.1. The minimum atomic E-state index is -4.24. The van der Waals surface area contributed by atoms with Crippen LogP contribution >= 0.6 is 0 Å². The molecule has 2 nitrogen and oxygen atoms in total. The van der Waals surface area contributed by atoms with Crippen LogP contribution in [0, 0.1) is 0 Å². The van der Waals surface area contributed by atoms with Crippen molar-refractivity contribution in [2.24, 2.45) is 0 Å². The number of hydrogen-bond donors (Lipinski definition) is 2. The Labute approximate surface area is 85.7 Å². The van der Waals surface area contributed by atoms with Gasteiger partial charge in [-0.1, -0.05) is 12.1 Å². The van der Waals surface area contributed by atoms with E-state index in [1.54, 1.807) is 19.1 Å². The lowest BCUT2D eigenvalue weighted by Gasteiger charge is -2.11. The van der Waals surface area contributed by atoms with Gasteiger partial charge in [0.15, 0.2) is 0 Å². The van der Waals surface area contributed by atoms with Crippen molar-refractivity contribution < 1.29 is 18.3 Å². The molecule has 5 heteroatoms. The molecule has 0 amide bonds. The molecule has 0 saturated heterocycles. The van der Waals surface area contributed by atoms with Crippen LogP contribution in [0.4, 0.5) is 18.9 Å². The summed E-state index contributed by atoms with van der Waals surface area (Å²) in [5.41, 5.74) is 0.938. The Hall–Kier alpha value is -1.23. The van der Waals surface area contributed by atoms with E-state index in [2.05, 4.69) is 5.32 Å². The molecule has 1 unspecified atom stereocenters. The quantitative estimate of drug-likeness (QED) is 0.819. The Bertz CT molecular complexity index is 323. The summed E-state index contributed by atoms with van der Waals surface area (Å²) in [5, 5.41) is 11.5. The molecule has 84 valence electrons. The smallest absolute Gasteiger partial charge is 0.389 e. The molecule has 1 aromatic rings. The molecule has 1 aromatic carbocycles. The first-order valence-electron chi connectivity index (χ1n) is 4.47. The zero-order chi connectivity index (χ0) is 11.5. The first-order valence-corrected chi connectivity index (χ1v) is 4.47. The Morgan fingerprint density at radius 3 is 2.60 bits per heavy atom. The molecule has 0 saturated carbocycles. The molecule has 0 heterocycles. The van der Waals surface area contributed by atoms with Gasteiger partial charge < -0.3 is 10.4 Å². The molecule has 0 aliphatic rings. The lowest BCUT2D eigenvalue weighted by molar-refractivity contribution is -0.115. The molecule has 0 aromatic heterocycles. The molecule has 0 radical (unpaired) electrons. The van der Waals surface area contributed by atoms with Gasteiger partial charge in [0.2, 0.25) is 0 Å². The van der Waals surface area contributed by atoms with Crippen molar-refractivity contribution in [1.82, 2.24) is 0 Å².